The van der Waals surface area contributed by atoms with E-state index in [0.717, 1.165) is 49.4 Å². The van der Waals surface area contributed by atoms with Crippen LogP contribution in [-0.2, 0) is 17.6 Å². The number of amides is 1. The van der Waals surface area contributed by atoms with Crippen molar-refractivity contribution in [2.75, 3.05) is 6.54 Å². The Hall–Kier alpha value is -2.30. The molecule has 4 rings (SSSR count). The van der Waals surface area contributed by atoms with Crippen molar-refractivity contribution in [3.8, 4) is 11.3 Å². The SMILES string of the molecule is CC(C)(C)OC(=O)N1CCCC1c1nc2c([nH]1)-c1ccccc1CC2. The summed E-state index contributed by atoms with van der Waals surface area (Å²) in [5.41, 5.74) is 4.36. The minimum atomic E-state index is -0.481. The first-order valence-electron chi connectivity index (χ1n) is 9.09. The summed E-state index contributed by atoms with van der Waals surface area (Å²) in [7, 11) is 0. The van der Waals surface area contributed by atoms with Crippen LogP contribution in [0.3, 0.4) is 0 Å². The molecule has 1 fully saturated rings. The number of carbonyl (C=O) groups excluding carboxylic acids is 1. The summed E-state index contributed by atoms with van der Waals surface area (Å²) in [6, 6.07) is 8.46. The predicted molar refractivity (Wildman–Crippen MR) is 96.3 cm³/mol. The van der Waals surface area contributed by atoms with Gasteiger partial charge in [0.1, 0.15) is 11.4 Å². The number of benzene rings is 1. The van der Waals surface area contributed by atoms with Crippen LogP contribution in [0.2, 0.25) is 0 Å². The number of aryl methyl sites for hydroxylation is 2. The average Bonchev–Trinajstić information content (AvgIpc) is 3.19. The predicted octanol–water partition coefficient (Wildman–Crippen LogP) is 4.25. The Morgan fingerprint density at radius 2 is 2.08 bits per heavy atom. The number of fused-ring (bicyclic) bond motifs is 3. The van der Waals surface area contributed by atoms with Crippen molar-refractivity contribution >= 4 is 6.09 Å². The molecule has 1 aromatic heterocycles. The number of ether oxygens (including phenoxy) is 1. The number of hydrogen-bond donors (Lipinski definition) is 1. The second-order valence-corrected chi connectivity index (χ2v) is 7.93. The Morgan fingerprint density at radius 3 is 2.88 bits per heavy atom. The normalized spacial score (nSPS) is 19.5. The number of nitrogens with one attached hydrogen (secondary N) is 1. The summed E-state index contributed by atoms with van der Waals surface area (Å²) in [5.74, 6) is 0.894. The highest BCUT2D eigenvalue weighted by atomic mass is 16.6. The number of aromatic amines is 1. The van der Waals surface area contributed by atoms with Gasteiger partial charge in [0.05, 0.1) is 17.4 Å². The third kappa shape index (κ3) is 3.03. The van der Waals surface area contributed by atoms with Gasteiger partial charge in [-0.15, -0.1) is 0 Å². The average molecular weight is 339 g/mol. The molecular weight excluding hydrogens is 314 g/mol. The fourth-order valence-corrected chi connectivity index (χ4v) is 3.82. The Kier molecular flexibility index (Phi) is 3.82. The smallest absolute Gasteiger partial charge is 0.410 e. The van der Waals surface area contributed by atoms with Crippen molar-refractivity contribution in [3.63, 3.8) is 0 Å². The van der Waals surface area contributed by atoms with E-state index < -0.39 is 5.60 Å². The second-order valence-electron chi connectivity index (χ2n) is 7.93. The first-order valence-corrected chi connectivity index (χ1v) is 9.09. The molecular formula is C20H25N3O2. The van der Waals surface area contributed by atoms with Crippen LogP contribution in [-0.4, -0.2) is 33.1 Å². The molecule has 1 atom stereocenters. The third-order valence-electron chi connectivity index (χ3n) is 4.91. The molecule has 1 unspecified atom stereocenters. The van der Waals surface area contributed by atoms with Crippen LogP contribution in [0.15, 0.2) is 24.3 Å². The third-order valence-corrected chi connectivity index (χ3v) is 4.91. The van der Waals surface area contributed by atoms with Gasteiger partial charge in [-0.2, -0.15) is 0 Å². The molecule has 2 aliphatic rings. The largest absolute Gasteiger partial charge is 0.444 e. The number of imidazole rings is 1. The van der Waals surface area contributed by atoms with E-state index in [0.29, 0.717) is 0 Å². The van der Waals surface area contributed by atoms with E-state index in [1.54, 1.807) is 0 Å². The maximum absolute atomic E-state index is 12.5. The molecule has 5 nitrogen and oxygen atoms in total. The zero-order valence-electron chi connectivity index (χ0n) is 15.1. The highest BCUT2D eigenvalue weighted by molar-refractivity contribution is 5.70. The molecule has 132 valence electrons. The Bertz CT molecular complexity index is 804. The number of hydrogen-bond acceptors (Lipinski definition) is 3. The van der Waals surface area contributed by atoms with Crippen LogP contribution in [0, 0.1) is 0 Å². The van der Waals surface area contributed by atoms with E-state index in [-0.39, 0.29) is 12.1 Å². The van der Waals surface area contributed by atoms with E-state index in [4.69, 9.17) is 9.72 Å². The van der Waals surface area contributed by atoms with E-state index in [1.165, 1.54) is 11.1 Å². The molecule has 1 aliphatic heterocycles. The molecule has 0 saturated carbocycles. The van der Waals surface area contributed by atoms with Gasteiger partial charge in [0.2, 0.25) is 0 Å². The van der Waals surface area contributed by atoms with E-state index in [1.807, 2.05) is 25.7 Å². The molecule has 1 amide bonds. The minimum Gasteiger partial charge on any atom is -0.444 e. The highest BCUT2D eigenvalue weighted by Crippen LogP contribution is 2.37. The topological polar surface area (TPSA) is 58.2 Å². The number of H-pyrrole nitrogens is 1. The molecule has 1 aromatic carbocycles. The summed E-state index contributed by atoms with van der Waals surface area (Å²) < 4.78 is 5.58. The lowest BCUT2D eigenvalue weighted by atomic mass is 9.93. The standard InChI is InChI=1S/C20H25N3O2/c1-20(2,3)25-19(24)23-12-6-9-16(23)18-21-15-11-10-13-7-4-5-8-14(13)17(15)22-18/h4-5,7-8,16H,6,9-12H2,1-3H3,(H,21,22). The van der Waals surface area contributed by atoms with Crippen LogP contribution >= 0.6 is 0 Å². The van der Waals surface area contributed by atoms with Gasteiger partial charge >= 0.3 is 6.09 Å². The number of aromatic nitrogens is 2. The van der Waals surface area contributed by atoms with E-state index >= 15 is 0 Å². The lowest BCUT2D eigenvalue weighted by Crippen LogP contribution is -2.36. The zero-order valence-corrected chi connectivity index (χ0v) is 15.1. The molecule has 2 aromatic rings. The molecule has 25 heavy (non-hydrogen) atoms. The van der Waals surface area contributed by atoms with Crippen LogP contribution in [0.25, 0.3) is 11.3 Å². The van der Waals surface area contributed by atoms with Crippen molar-refractivity contribution in [3.05, 3.63) is 41.3 Å². The molecule has 0 radical (unpaired) electrons. The maximum atomic E-state index is 12.5. The van der Waals surface area contributed by atoms with Gasteiger partial charge in [-0.3, -0.25) is 4.90 Å². The van der Waals surface area contributed by atoms with Gasteiger partial charge in [0, 0.05) is 12.1 Å². The summed E-state index contributed by atoms with van der Waals surface area (Å²) in [6.45, 7) is 6.43. The molecule has 1 aliphatic carbocycles. The number of rotatable bonds is 1. The van der Waals surface area contributed by atoms with Gasteiger partial charge in [-0.05, 0) is 52.0 Å². The van der Waals surface area contributed by atoms with E-state index in [2.05, 4.69) is 29.2 Å². The molecule has 1 N–H and O–H groups in total. The summed E-state index contributed by atoms with van der Waals surface area (Å²) in [5, 5.41) is 0. The van der Waals surface area contributed by atoms with Crippen molar-refractivity contribution in [1.29, 1.82) is 0 Å². The fraction of sp³-hybridized carbons (Fsp3) is 0.500. The van der Waals surface area contributed by atoms with Crippen LogP contribution < -0.4 is 0 Å². The first-order chi connectivity index (χ1) is 11.9. The Balaban J connectivity index is 1.63. The highest BCUT2D eigenvalue weighted by Gasteiger charge is 2.35. The van der Waals surface area contributed by atoms with Crippen LogP contribution in [0.4, 0.5) is 4.79 Å². The zero-order chi connectivity index (χ0) is 17.6. The quantitative estimate of drug-likeness (QED) is 0.845. The maximum Gasteiger partial charge on any atom is 0.410 e. The first kappa shape index (κ1) is 16.2. The Labute approximate surface area is 148 Å². The van der Waals surface area contributed by atoms with Gasteiger partial charge in [0.25, 0.3) is 0 Å². The van der Waals surface area contributed by atoms with Crippen LogP contribution in [0.1, 0.15) is 56.7 Å². The number of nitrogens with zero attached hydrogens (tertiary/aromatic N) is 2. The van der Waals surface area contributed by atoms with Crippen molar-refractivity contribution in [1.82, 2.24) is 14.9 Å². The fourth-order valence-electron chi connectivity index (χ4n) is 3.82. The monoisotopic (exact) mass is 339 g/mol. The minimum absolute atomic E-state index is 0.0207. The lowest BCUT2D eigenvalue weighted by molar-refractivity contribution is 0.0218. The summed E-state index contributed by atoms with van der Waals surface area (Å²) >= 11 is 0. The van der Waals surface area contributed by atoms with Crippen LogP contribution in [0.5, 0.6) is 0 Å². The number of likely N-dealkylation sites (tertiary alicyclic amines) is 1. The summed E-state index contributed by atoms with van der Waals surface area (Å²) in [4.78, 5) is 22.7. The molecule has 5 heteroatoms. The van der Waals surface area contributed by atoms with Gasteiger partial charge in [-0.25, -0.2) is 9.78 Å². The molecule has 0 spiro atoms. The van der Waals surface area contributed by atoms with E-state index in [9.17, 15) is 4.79 Å². The number of carbonyl (C=O) groups is 1. The lowest BCUT2D eigenvalue weighted by Gasteiger charge is -2.27. The molecule has 2 heterocycles. The molecule has 1 saturated heterocycles. The second kappa shape index (κ2) is 5.90. The van der Waals surface area contributed by atoms with Crippen molar-refractivity contribution in [2.45, 2.75) is 58.1 Å². The van der Waals surface area contributed by atoms with Gasteiger partial charge in [-0.1, -0.05) is 24.3 Å². The van der Waals surface area contributed by atoms with Gasteiger partial charge in [0.15, 0.2) is 0 Å². The van der Waals surface area contributed by atoms with Crippen molar-refractivity contribution in [2.24, 2.45) is 0 Å². The van der Waals surface area contributed by atoms with Crippen molar-refractivity contribution < 1.29 is 9.53 Å². The summed E-state index contributed by atoms with van der Waals surface area (Å²) in [6.07, 6.45) is 3.62. The van der Waals surface area contributed by atoms with Gasteiger partial charge < -0.3 is 9.72 Å². The Morgan fingerprint density at radius 1 is 1.28 bits per heavy atom. The molecule has 0 bridgehead atoms.